The summed E-state index contributed by atoms with van der Waals surface area (Å²) in [7, 11) is 0. The molecule has 0 saturated carbocycles. The van der Waals surface area contributed by atoms with Crippen LogP contribution in [0, 0.1) is 0 Å². The third-order valence-electron chi connectivity index (χ3n) is 4.20. The number of carboxylic acids is 1. The predicted octanol–water partition coefficient (Wildman–Crippen LogP) is -2.32. The first-order valence-corrected chi connectivity index (χ1v) is 9.71. The summed E-state index contributed by atoms with van der Waals surface area (Å²) in [6.07, 6.45) is 0.901. The van der Waals surface area contributed by atoms with Gasteiger partial charge in [-0.2, -0.15) is 0 Å². The van der Waals surface area contributed by atoms with Crippen LogP contribution in [-0.2, 0) is 24.0 Å². The maximum Gasteiger partial charge on any atom is 0.326 e. The number of unbranched alkanes of at least 4 members (excludes halogenated alkanes) is 1. The van der Waals surface area contributed by atoms with Gasteiger partial charge >= 0.3 is 5.97 Å². The van der Waals surface area contributed by atoms with Gasteiger partial charge in [0.1, 0.15) is 18.1 Å². The fourth-order valence-corrected chi connectivity index (χ4v) is 2.32. The number of hydrogen-bond donors (Lipinski definition) is 7. The number of carbonyl (C=O) groups is 5. The molecule has 12 nitrogen and oxygen atoms in total. The second-order valence-corrected chi connectivity index (χ2v) is 7.67. The van der Waals surface area contributed by atoms with Gasteiger partial charge in [0.15, 0.2) is 0 Å². The van der Waals surface area contributed by atoms with Gasteiger partial charge < -0.3 is 38.3 Å². The lowest BCUT2D eigenvalue weighted by Crippen LogP contribution is -2.58. The molecular weight excluding hydrogens is 396 g/mol. The van der Waals surface area contributed by atoms with E-state index in [0.29, 0.717) is 19.4 Å². The summed E-state index contributed by atoms with van der Waals surface area (Å²) in [5.74, 6) is -3.97. The monoisotopic (exact) mass is 430 g/mol. The van der Waals surface area contributed by atoms with Crippen molar-refractivity contribution in [2.75, 3.05) is 6.54 Å². The lowest BCUT2D eigenvalue weighted by molar-refractivity contribution is -0.142. The minimum Gasteiger partial charge on any atom is -0.480 e. The number of primary amides is 1. The largest absolute Gasteiger partial charge is 0.480 e. The van der Waals surface area contributed by atoms with E-state index in [4.69, 9.17) is 17.2 Å². The zero-order valence-electron chi connectivity index (χ0n) is 17.7. The van der Waals surface area contributed by atoms with Gasteiger partial charge in [-0.3, -0.25) is 19.2 Å². The molecule has 0 aromatic carbocycles. The summed E-state index contributed by atoms with van der Waals surface area (Å²) in [6.45, 7) is 4.72. The smallest absolute Gasteiger partial charge is 0.326 e. The van der Waals surface area contributed by atoms with E-state index < -0.39 is 53.3 Å². The van der Waals surface area contributed by atoms with E-state index in [0.717, 1.165) is 0 Å². The molecule has 0 rings (SSSR count). The number of amides is 4. The summed E-state index contributed by atoms with van der Waals surface area (Å²) in [6, 6.07) is -3.41. The van der Waals surface area contributed by atoms with Crippen LogP contribution in [0.5, 0.6) is 0 Å². The Balaban J connectivity index is 5.16. The van der Waals surface area contributed by atoms with Crippen LogP contribution in [0.25, 0.3) is 0 Å². The Hall–Kier alpha value is -2.73. The number of carboxylic acid groups (broad SMARTS) is 1. The van der Waals surface area contributed by atoms with Crippen molar-refractivity contribution < 1.29 is 29.1 Å². The summed E-state index contributed by atoms with van der Waals surface area (Å²) in [5.41, 5.74) is 15.0. The van der Waals surface area contributed by atoms with E-state index in [-0.39, 0.29) is 19.3 Å². The number of nitrogens with one attached hydrogen (secondary N) is 3. The molecule has 0 aromatic rings. The van der Waals surface area contributed by atoms with Gasteiger partial charge in [-0.25, -0.2) is 4.79 Å². The molecule has 0 saturated heterocycles. The zero-order chi connectivity index (χ0) is 23.5. The number of carbonyl (C=O) groups excluding carboxylic acids is 4. The Kier molecular flexibility index (Phi) is 11.6. The number of hydrogen-bond acceptors (Lipinski definition) is 7. The fraction of sp³-hybridized carbons (Fsp3) is 0.722. The van der Waals surface area contributed by atoms with Gasteiger partial charge in [0.2, 0.25) is 23.6 Å². The fourth-order valence-electron chi connectivity index (χ4n) is 2.32. The molecule has 0 unspecified atom stereocenters. The highest BCUT2D eigenvalue weighted by molar-refractivity contribution is 5.94. The average Bonchev–Trinajstić information content (AvgIpc) is 2.62. The second-order valence-electron chi connectivity index (χ2n) is 7.67. The normalized spacial score (nSPS) is 14.2. The Morgan fingerprint density at radius 2 is 1.50 bits per heavy atom. The highest BCUT2D eigenvalue weighted by atomic mass is 16.4. The number of rotatable bonds is 14. The lowest BCUT2D eigenvalue weighted by Gasteiger charge is -2.25. The second kappa shape index (κ2) is 12.8. The van der Waals surface area contributed by atoms with E-state index >= 15 is 0 Å². The molecule has 0 aliphatic carbocycles. The number of nitrogens with two attached hydrogens (primary N) is 3. The van der Waals surface area contributed by atoms with E-state index in [2.05, 4.69) is 16.0 Å². The Morgan fingerprint density at radius 1 is 0.933 bits per heavy atom. The molecule has 172 valence electrons. The quantitative estimate of drug-likeness (QED) is 0.148. The highest BCUT2D eigenvalue weighted by Gasteiger charge is 2.30. The van der Waals surface area contributed by atoms with E-state index in [9.17, 15) is 29.1 Å². The average molecular weight is 431 g/mol. The van der Waals surface area contributed by atoms with Crippen molar-refractivity contribution in [1.29, 1.82) is 0 Å². The van der Waals surface area contributed by atoms with Crippen LogP contribution in [0.4, 0.5) is 0 Å². The van der Waals surface area contributed by atoms with Crippen molar-refractivity contribution in [3.8, 4) is 0 Å². The van der Waals surface area contributed by atoms with E-state index in [1.165, 1.54) is 20.8 Å². The minimum absolute atomic E-state index is 0.134. The van der Waals surface area contributed by atoms with Crippen molar-refractivity contribution in [2.24, 2.45) is 17.2 Å². The Bertz CT molecular complexity index is 633. The molecule has 0 aliphatic heterocycles. The van der Waals surface area contributed by atoms with E-state index in [1.807, 2.05) is 0 Å². The molecule has 30 heavy (non-hydrogen) atoms. The molecule has 0 aromatic heterocycles. The third-order valence-corrected chi connectivity index (χ3v) is 4.20. The third kappa shape index (κ3) is 10.7. The summed E-state index contributed by atoms with van der Waals surface area (Å²) >= 11 is 0. The van der Waals surface area contributed by atoms with Gasteiger partial charge in [-0.15, -0.1) is 0 Å². The molecule has 12 heteroatoms. The topological polar surface area (TPSA) is 220 Å². The summed E-state index contributed by atoms with van der Waals surface area (Å²) in [4.78, 5) is 59.4. The lowest BCUT2D eigenvalue weighted by atomic mass is 10.1. The maximum atomic E-state index is 12.6. The predicted molar refractivity (Wildman–Crippen MR) is 109 cm³/mol. The van der Waals surface area contributed by atoms with E-state index in [1.54, 1.807) is 0 Å². The molecule has 0 fully saturated rings. The van der Waals surface area contributed by atoms with Crippen LogP contribution < -0.4 is 33.2 Å². The molecule has 0 aliphatic rings. The SMILES string of the molecule is C[C@H](NC(=O)C(C)(C)N)C(=O)N[C@@H](CCC(N)=O)C(=O)N[C@@H](CCCCN)C(=O)O. The van der Waals surface area contributed by atoms with Crippen molar-refractivity contribution in [3.05, 3.63) is 0 Å². The van der Waals surface area contributed by atoms with Gasteiger partial charge in [0.05, 0.1) is 5.54 Å². The van der Waals surface area contributed by atoms with Crippen LogP contribution in [0.1, 0.15) is 52.9 Å². The maximum absolute atomic E-state index is 12.6. The highest BCUT2D eigenvalue weighted by Crippen LogP contribution is 2.05. The molecular formula is C18H34N6O6. The van der Waals surface area contributed by atoms with Gasteiger partial charge in [-0.1, -0.05) is 0 Å². The van der Waals surface area contributed by atoms with Crippen molar-refractivity contribution >= 4 is 29.6 Å². The van der Waals surface area contributed by atoms with Gasteiger partial charge in [-0.05, 0) is 53.0 Å². The molecule has 0 bridgehead atoms. The Labute approximate surface area is 175 Å². The van der Waals surface area contributed by atoms with Crippen LogP contribution >= 0.6 is 0 Å². The van der Waals surface area contributed by atoms with Crippen molar-refractivity contribution in [1.82, 2.24) is 16.0 Å². The molecule has 0 spiro atoms. The molecule has 4 amide bonds. The standard InChI is InChI=1S/C18H34N6O6/c1-10(22-17(30)18(2,3)21)14(26)23-11(7-8-13(20)25)15(27)24-12(16(28)29)6-4-5-9-19/h10-12H,4-9,19,21H2,1-3H3,(H2,20,25)(H,22,30)(H,23,26)(H,24,27)(H,28,29)/t10-,11-,12-/m0/s1. The molecule has 0 heterocycles. The zero-order valence-corrected chi connectivity index (χ0v) is 17.7. The Morgan fingerprint density at radius 3 is 1.97 bits per heavy atom. The van der Waals surface area contributed by atoms with Crippen LogP contribution in [0.2, 0.25) is 0 Å². The first-order chi connectivity index (χ1) is 13.8. The molecule has 10 N–H and O–H groups in total. The first-order valence-electron chi connectivity index (χ1n) is 9.71. The number of aliphatic carboxylic acids is 1. The van der Waals surface area contributed by atoms with Crippen LogP contribution in [0.3, 0.4) is 0 Å². The van der Waals surface area contributed by atoms with Crippen LogP contribution in [0.15, 0.2) is 0 Å². The van der Waals surface area contributed by atoms with Crippen molar-refractivity contribution in [3.63, 3.8) is 0 Å². The minimum atomic E-state index is -1.23. The first kappa shape index (κ1) is 27.3. The molecule has 3 atom stereocenters. The molecule has 0 radical (unpaired) electrons. The summed E-state index contributed by atoms with van der Waals surface area (Å²) < 4.78 is 0. The van der Waals surface area contributed by atoms with Gasteiger partial charge in [0, 0.05) is 6.42 Å². The van der Waals surface area contributed by atoms with Crippen LogP contribution in [-0.4, -0.2) is 64.9 Å². The summed E-state index contributed by atoms with van der Waals surface area (Å²) in [5, 5.41) is 16.5. The van der Waals surface area contributed by atoms with Gasteiger partial charge in [0.25, 0.3) is 0 Å². The van der Waals surface area contributed by atoms with Crippen molar-refractivity contribution in [2.45, 2.75) is 76.5 Å².